The van der Waals surface area contributed by atoms with Crippen molar-refractivity contribution >= 4 is 17.5 Å². The van der Waals surface area contributed by atoms with Crippen LogP contribution in [0.3, 0.4) is 0 Å². The topological polar surface area (TPSA) is 136 Å². The predicted octanol–water partition coefficient (Wildman–Crippen LogP) is 0.221. The molecular weight excluding hydrogens is 386 g/mol. The first kappa shape index (κ1) is 21.3. The number of ether oxygens (including phenoxy) is 1. The number of allylic oxidation sites excluding steroid dienone is 4. The Balaban J connectivity index is 1.80. The molecule has 9 nitrogen and oxygen atoms in total. The zero-order chi connectivity index (χ0) is 21.7. The van der Waals surface area contributed by atoms with Crippen LogP contribution in [0, 0.1) is 12.3 Å². The van der Waals surface area contributed by atoms with Gasteiger partial charge < -0.3 is 31.2 Å². The van der Waals surface area contributed by atoms with Crippen molar-refractivity contribution < 1.29 is 19.4 Å². The number of aromatic nitrogens is 1. The van der Waals surface area contributed by atoms with Crippen LogP contribution >= 0.6 is 0 Å². The first-order valence-corrected chi connectivity index (χ1v) is 9.55. The molecule has 2 heterocycles. The van der Waals surface area contributed by atoms with Gasteiger partial charge in [0, 0.05) is 36.6 Å². The van der Waals surface area contributed by atoms with Crippen LogP contribution in [-0.4, -0.2) is 53.4 Å². The Kier molecular flexibility index (Phi) is 6.31. The highest BCUT2D eigenvalue weighted by Crippen LogP contribution is 2.21. The Labute approximate surface area is 174 Å². The minimum atomic E-state index is -1.37. The number of rotatable bonds is 7. The van der Waals surface area contributed by atoms with Crippen molar-refractivity contribution in [2.45, 2.75) is 25.5 Å². The monoisotopic (exact) mass is 411 g/mol. The summed E-state index contributed by atoms with van der Waals surface area (Å²) in [5.41, 5.74) is 0.984. The van der Waals surface area contributed by atoms with Crippen LogP contribution < -0.4 is 16.0 Å². The molecule has 0 spiro atoms. The van der Waals surface area contributed by atoms with Gasteiger partial charge in [-0.05, 0) is 37.6 Å². The van der Waals surface area contributed by atoms with Gasteiger partial charge in [-0.15, -0.1) is 0 Å². The van der Waals surface area contributed by atoms with E-state index in [1.54, 1.807) is 25.4 Å². The van der Waals surface area contributed by atoms with Crippen LogP contribution in [0.4, 0.5) is 0 Å². The number of aliphatic hydroxyl groups is 1. The zero-order valence-corrected chi connectivity index (χ0v) is 16.9. The maximum atomic E-state index is 12.9. The molecule has 0 saturated carbocycles. The first-order chi connectivity index (χ1) is 14.4. The Hall–Kier alpha value is -3.46. The fourth-order valence-corrected chi connectivity index (χ4v) is 3.20. The zero-order valence-electron chi connectivity index (χ0n) is 16.9. The van der Waals surface area contributed by atoms with Crippen LogP contribution in [0.1, 0.15) is 17.7 Å². The highest BCUT2D eigenvalue weighted by atomic mass is 16.5. The number of aliphatic hydroxyl groups excluding tert-OH is 1. The Morgan fingerprint density at radius 1 is 1.40 bits per heavy atom. The lowest BCUT2D eigenvalue weighted by Crippen LogP contribution is -2.57. The molecule has 1 aromatic heterocycles. The molecule has 1 atom stereocenters. The van der Waals surface area contributed by atoms with Gasteiger partial charge >= 0.3 is 0 Å². The molecule has 0 radical (unpaired) electrons. The Bertz CT molecular complexity index is 949. The van der Waals surface area contributed by atoms with E-state index in [1.807, 2.05) is 19.1 Å². The number of aryl methyl sites for hydroxylation is 1. The van der Waals surface area contributed by atoms with E-state index in [0.29, 0.717) is 24.5 Å². The van der Waals surface area contributed by atoms with Gasteiger partial charge in [-0.2, -0.15) is 0 Å². The van der Waals surface area contributed by atoms with E-state index in [2.05, 4.69) is 20.9 Å². The van der Waals surface area contributed by atoms with Gasteiger partial charge in [-0.3, -0.25) is 14.6 Å². The van der Waals surface area contributed by atoms with Crippen LogP contribution in [0.5, 0.6) is 0 Å². The minimum absolute atomic E-state index is 0.106. The van der Waals surface area contributed by atoms with Gasteiger partial charge in [0.05, 0.1) is 12.3 Å². The van der Waals surface area contributed by atoms with E-state index in [-0.39, 0.29) is 17.8 Å². The van der Waals surface area contributed by atoms with Crippen LogP contribution in [0.25, 0.3) is 0 Å². The molecule has 1 fully saturated rings. The number of likely N-dealkylation sites (N-methyl/N-ethyl adjacent to an activating group) is 1. The number of carbonyl (C=O) groups is 2. The molecule has 9 heteroatoms. The average Bonchev–Trinajstić information content (AvgIpc) is 3.10. The fraction of sp³-hybridized carbons (Fsp3) is 0.333. The van der Waals surface area contributed by atoms with Crippen molar-refractivity contribution in [3.63, 3.8) is 0 Å². The van der Waals surface area contributed by atoms with E-state index in [0.717, 1.165) is 11.3 Å². The van der Waals surface area contributed by atoms with Gasteiger partial charge in [0.2, 0.25) is 5.91 Å². The van der Waals surface area contributed by atoms with Gasteiger partial charge in [0.25, 0.3) is 5.91 Å². The normalized spacial score (nSPS) is 22.3. The molecular formula is C21H25N5O4. The minimum Gasteiger partial charge on any atom is -0.489 e. The maximum Gasteiger partial charge on any atom is 0.268 e. The van der Waals surface area contributed by atoms with Crippen molar-refractivity contribution in [3.8, 4) is 0 Å². The summed E-state index contributed by atoms with van der Waals surface area (Å²) >= 11 is 0. The second kappa shape index (κ2) is 8.91. The fourth-order valence-electron chi connectivity index (χ4n) is 3.20. The van der Waals surface area contributed by atoms with Crippen molar-refractivity contribution in [2.75, 3.05) is 20.2 Å². The number of nitrogens with zero attached hydrogens (tertiary/aromatic N) is 1. The molecule has 0 bridgehead atoms. The van der Waals surface area contributed by atoms with E-state index < -0.39 is 24.0 Å². The average molecular weight is 411 g/mol. The number of pyridine rings is 1. The molecule has 2 amide bonds. The highest BCUT2D eigenvalue weighted by molar-refractivity contribution is 6.15. The third-order valence-corrected chi connectivity index (χ3v) is 5.01. The van der Waals surface area contributed by atoms with Crippen molar-refractivity contribution in [1.82, 2.24) is 20.9 Å². The predicted molar refractivity (Wildman–Crippen MR) is 110 cm³/mol. The van der Waals surface area contributed by atoms with Crippen molar-refractivity contribution in [3.05, 3.63) is 64.8 Å². The summed E-state index contributed by atoms with van der Waals surface area (Å²) < 4.78 is 5.79. The van der Waals surface area contributed by atoms with E-state index >= 15 is 0 Å². The first-order valence-electron chi connectivity index (χ1n) is 9.55. The summed E-state index contributed by atoms with van der Waals surface area (Å²) in [6.07, 6.45) is 6.79. The molecule has 1 aromatic rings. The molecule has 1 aliphatic heterocycles. The largest absolute Gasteiger partial charge is 0.489 e. The lowest BCUT2D eigenvalue weighted by atomic mass is 9.97. The van der Waals surface area contributed by atoms with E-state index in [9.17, 15) is 14.7 Å². The van der Waals surface area contributed by atoms with Crippen LogP contribution in [0.2, 0.25) is 0 Å². The molecule has 1 aliphatic carbocycles. The standard InChI is InChI=1S/C21H25N5O4/c1-13-3-4-14(10-25-13)11-30-15-5-6-17(22)16(9-15)18(23-2)19(28)26-21(12-27)7-8-24-20(21)29/h3-6,9-10,22-23,27H,7-8,11-12H2,1-2H3,(H,24,29)(H,26,28)/b18-16-,22-17?. The molecule has 30 heavy (non-hydrogen) atoms. The maximum absolute atomic E-state index is 12.9. The van der Waals surface area contributed by atoms with Crippen molar-refractivity contribution in [2.24, 2.45) is 0 Å². The van der Waals surface area contributed by atoms with Crippen molar-refractivity contribution in [1.29, 1.82) is 5.41 Å². The second-order valence-corrected chi connectivity index (χ2v) is 7.13. The van der Waals surface area contributed by atoms with Gasteiger partial charge in [-0.1, -0.05) is 6.07 Å². The van der Waals surface area contributed by atoms with Gasteiger partial charge in [-0.25, -0.2) is 0 Å². The SMILES string of the molecule is CN/C(C(=O)NC1(CO)CCNC1=O)=C1/C=C(OCc2ccc(C)nc2)C=CC1=N. The second-order valence-electron chi connectivity index (χ2n) is 7.13. The van der Waals surface area contributed by atoms with Crippen LogP contribution in [-0.2, 0) is 20.9 Å². The van der Waals surface area contributed by atoms with Gasteiger partial charge in [0.15, 0.2) is 0 Å². The highest BCUT2D eigenvalue weighted by Gasteiger charge is 2.43. The molecule has 158 valence electrons. The number of carbonyl (C=O) groups excluding carboxylic acids is 2. The molecule has 5 N–H and O–H groups in total. The smallest absolute Gasteiger partial charge is 0.268 e. The number of hydrogen-bond donors (Lipinski definition) is 5. The van der Waals surface area contributed by atoms with Crippen LogP contribution in [0.15, 0.2) is 53.6 Å². The molecule has 3 rings (SSSR count). The lowest BCUT2D eigenvalue weighted by Gasteiger charge is -2.26. The molecule has 2 aliphatic rings. The molecule has 1 saturated heterocycles. The Morgan fingerprint density at radius 2 is 2.20 bits per heavy atom. The summed E-state index contributed by atoms with van der Waals surface area (Å²) in [5.74, 6) is -0.529. The summed E-state index contributed by atoms with van der Waals surface area (Å²) in [6, 6.07) is 3.81. The summed E-state index contributed by atoms with van der Waals surface area (Å²) in [5, 5.41) is 25.9. The third-order valence-electron chi connectivity index (χ3n) is 5.01. The number of hydrogen-bond acceptors (Lipinski definition) is 7. The lowest BCUT2D eigenvalue weighted by molar-refractivity contribution is -0.131. The third kappa shape index (κ3) is 4.41. The summed E-state index contributed by atoms with van der Waals surface area (Å²) in [6.45, 7) is 2.05. The number of nitrogens with one attached hydrogen (secondary N) is 4. The van der Waals surface area contributed by atoms with Gasteiger partial charge in [0.1, 0.15) is 23.6 Å². The molecule has 0 aromatic carbocycles. The Morgan fingerprint density at radius 3 is 2.80 bits per heavy atom. The quantitative estimate of drug-likeness (QED) is 0.407. The number of amides is 2. The van der Waals surface area contributed by atoms with E-state index in [1.165, 1.54) is 6.08 Å². The summed E-state index contributed by atoms with van der Waals surface area (Å²) in [4.78, 5) is 29.2. The molecule has 1 unspecified atom stereocenters. The van der Waals surface area contributed by atoms with E-state index in [4.69, 9.17) is 10.1 Å². The summed E-state index contributed by atoms with van der Waals surface area (Å²) in [7, 11) is 1.56.